The summed E-state index contributed by atoms with van der Waals surface area (Å²) in [5, 5.41) is 9.45. The fraction of sp³-hybridized carbons (Fsp3) is 0. The second-order valence-electron chi connectivity index (χ2n) is 2.35. The Morgan fingerprint density at radius 2 is 2.23 bits per heavy atom. The Kier molecular flexibility index (Phi) is 2.80. The number of halogens is 2. The highest BCUT2D eigenvalue weighted by molar-refractivity contribution is 14.1. The number of hydrogen-bond donors (Lipinski definition) is 0. The predicted octanol–water partition coefficient (Wildman–Crippen LogP) is 3.46. The summed E-state index contributed by atoms with van der Waals surface area (Å²) < 4.78 is 1.03. The van der Waals surface area contributed by atoms with Crippen LogP contribution in [-0.4, -0.2) is 10.2 Å². The van der Waals surface area contributed by atoms with Gasteiger partial charge in [-0.1, -0.05) is 35.1 Å². The lowest BCUT2D eigenvalue weighted by molar-refractivity contribution is 1.09. The molecule has 0 atom stereocenters. The molecule has 5 heteroatoms. The Balaban J connectivity index is 2.59. The molecule has 0 saturated heterocycles. The van der Waals surface area contributed by atoms with Gasteiger partial charge in [-0.25, -0.2) is 0 Å². The smallest absolute Gasteiger partial charge is 0.147 e. The lowest BCUT2D eigenvalue weighted by Gasteiger charge is -2.00. The molecule has 0 aliphatic rings. The molecule has 2 rings (SSSR count). The van der Waals surface area contributed by atoms with Crippen LogP contribution in [0.1, 0.15) is 0 Å². The molecule has 1 aromatic heterocycles. The second kappa shape index (κ2) is 3.89. The number of nitrogens with zero attached hydrogens (tertiary/aromatic N) is 2. The monoisotopic (exact) mass is 322 g/mol. The second-order valence-corrected chi connectivity index (χ2v) is 4.66. The summed E-state index contributed by atoms with van der Waals surface area (Å²) in [4.78, 5) is 0. The van der Waals surface area contributed by atoms with Gasteiger partial charge in [0.05, 0.1) is 5.02 Å². The molecule has 0 amide bonds. The Labute approximate surface area is 98.1 Å². The fourth-order valence-electron chi connectivity index (χ4n) is 0.959. The minimum absolute atomic E-state index is 0.758. The van der Waals surface area contributed by atoms with E-state index in [1.54, 1.807) is 5.51 Å². The van der Waals surface area contributed by atoms with Crippen molar-refractivity contribution in [3.63, 3.8) is 0 Å². The summed E-state index contributed by atoms with van der Waals surface area (Å²) in [5.41, 5.74) is 2.77. The van der Waals surface area contributed by atoms with Gasteiger partial charge in [-0.2, -0.15) is 0 Å². The van der Waals surface area contributed by atoms with Crippen molar-refractivity contribution < 1.29 is 0 Å². The molecule has 0 radical (unpaired) electrons. The Bertz CT molecular complexity index is 416. The third-order valence-electron chi connectivity index (χ3n) is 1.54. The summed E-state index contributed by atoms with van der Waals surface area (Å²) in [6, 6.07) is 5.78. The quantitative estimate of drug-likeness (QED) is 0.751. The van der Waals surface area contributed by atoms with E-state index in [0.29, 0.717) is 0 Å². The highest BCUT2D eigenvalue weighted by Crippen LogP contribution is 2.30. The Hall–Kier alpha value is -0.200. The number of aromatic nitrogens is 2. The van der Waals surface area contributed by atoms with E-state index in [-0.39, 0.29) is 0 Å². The zero-order valence-corrected chi connectivity index (χ0v) is 10.1. The predicted molar refractivity (Wildman–Crippen MR) is 63.1 cm³/mol. The summed E-state index contributed by atoms with van der Waals surface area (Å²) in [6.07, 6.45) is 0. The van der Waals surface area contributed by atoms with Gasteiger partial charge in [0.15, 0.2) is 0 Å². The topological polar surface area (TPSA) is 25.8 Å². The maximum Gasteiger partial charge on any atom is 0.148 e. The molecule has 0 bridgehead atoms. The summed E-state index contributed by atoms with van der Waals surface area (Å²) in [6.45, 7) is 0. The lowest BCUT2D eigenvalue weighted by atomic mass is 10.2. The Morgan fingerprint density at radius 1 is 1.38 bits per heavy atom. The SMILES string of the molecule is Clc1cccc(-c2nncs2)c1I. The summed E-state index contributed by atoms with van der Waals surface area (Å²) in [7, 11) is 0. The van der Waals surface area contributed by atoms with Crippen LogP contribution in [0.3, 0.4) is 0 Å². The average Bonchev–Trinajstić information content (AvgIpc) is 2.62. The van der Waals surface area contributed by atoms with Crippen LogP contribution < -0.4 is 0 Å². The first kappa shape index (κ1) is 9.36. The Morgan fingerprint density at radius 3 is 2.92 bits per heavy atom. The molecule has 0 aliphatic carbocycles. The fourth-order valence-corrected chi connectivity index (χ4v) is 2.52. The normalized spacial score (nSPS) is 10.3. The highest BCUT2D eigenvalue weighted by Gasteiger charge is 2.08. The van der Waals surface area contributed by atoms with Crippen LogP contribution in [0, 0.1) is 3.57 Å². The van der Waals surface area contributed by atoms with E-state index in [9.17, 15) is 0 Å². The number of hydrogen-bond acceptors (Lipinski definition) is 3. The average molecular weight is 323 g/mol. The van der Waals surface area contributed by atoms with Crippen molar-refractivity contribution in [2.45, 2.75) is 0 Å². The van der Waals surface area contributed by atoms with Crippen molar-refractivity contribution in [2.75, 3.05) is 0 Å². The van der Waals surface area contributed by atoms with Gasteiger partial charge in [0.2, 0.25) is 0 Å². The largest absolute Gasteiger partial charge is 0.148 e. The maximum atomic E-state index is 5.98. The first-order valence-electron chi connectivity index (χ1n) is 3.49. The number of rotatable bonds is 1. The molecule has 2 aromatic rings. The highest BCUT2D eigenvalue weighted by atomic mass is 127. The third-order valence-corrected chi connectivity index (χ3v) is 4.06. The van der Waals surface area contributed by atoms with Gasteiger partial charge in [0.25, 0.3) is 0 Å². The van der Waals surface area contributed by atoms with Gasteiger partial charge in [-0.15, -0.1) is 10.2 Å². The van der Waals surface area contributed by atoms with Crippen LogP contribution >= 0.6 is 45.5 Å². The minimum atomic E-state index is 0.758. The number of benzene rings is 1. The zero-order valence-electron chi connectivity index (χ0n) is 6.37. The molecule has 66 valence electrons. The van der Waals surface area contributed by atoms with E-state index < -0.39 is 0 Å². The van der Waals surface area contributed by atoms with Gasteiger partial charge in [-0.3, -0.25) is 0 Å². The van der Waals surface area contributed by atoms with Crippen molar-refractivity contribution in [1.82, 2.24) is 10.2 Å². The lowest BCUT2D eigenvalue weighted by Crippen LogP contribution is -1.82. The minimum Gasteiger partial charge on any atom is -0.147 e. The third kappa shape index (κ3) is 1.84. The van der Waals surface area contributed by atoms with Gasteiger partial charge >= 0.3 is 0 Å². The molecule has 0 unspecified atom stereocenters. The molecule has 2 nitrogen and oxygen atoms in total. The van der Waals surface area contributed by atoms with Gasteiger partial charge in [0.1, 0.15) is 10.5 Å². The van der Waals surface area contributed by atoms with Crippen LogP contribution in [-0.2, 0) is 0 Å². The van der Waals surface area contributed by atoms with Crippen molar-refractivity contribution in [3.8, 4) is 10.6 Å². The van der Waals surface area contributed by atoms with Crippen LogP contribution in [0.2, 0.25) is 5.02 Å². The zero-order chi connectivity index (χ0) is 9.26. The van der Waals surface area contributed by atoms with Crippen molar-refractivity contribution in [1.29, 1.82) is 0 Å². The van der Waals surface area contributed by atoms with Crippen molar-refractivity contribution in [2.24, 2.45) is 0 Å². The van der Waals surface area contributed by atoms with E-state index in [1.165, 1.54) is 11.3 Å². The van der Waals surface area contributed by atoms with Crippen LogP contribution in [0.4, 0.5) is 0 Å². The molecular weight excluding hydrogens is 319 g/mol. The van der Waals surface area contributed by atoms with E-state index in [1.807, 2.05) is 18.2 Å². The summed E-state index contributed by atoms with van der Waals surface area (Å²) >= 11 is 9.71. The van der Waals surface area contributed by atoms with E-state index in [4.69, 9.17) is 11.6 Å². The molecule has 13 heavy (non-hydrogen) atoms. The van der Waals surface area contributed by atoms with Crippen LogP contribution in [0.5, 0.6) is 0 Å². The van der Waals surface area contributed by atoms with Crippen molar-refractivity contribution in [3.05, 3.63) is 32.3 Å². The van der Waals surface area contributed by atoms with Gasteiger partial charge in [-0.05, 0) is 28.7 Å². The molecule has 0 aliphatic heterocycles. The van der Waals surface area contributed by atoms with Gasteiger partial charge in [0, 0.05) is 9.13 Å². The first-order valence-corrected chi connectivity index (χ1v) is 5.83. The molecule has 1 heterocycles. The molecule has 0 N–H and O–H groups in total. The molecule has 0 saturated carbocycles. The molecule has 0 fully saturated rings. The molecule has 0 spiro atoms. The molecule has 1 aromatic carbocycles. The maximum absolute atomic E-state index is 5.98. The van der Waals surface area contributed by atoms with Crippen LogP contribution in [0.25, 0.3) is 10.6 Å². The standard InChI is InChI=1S/C8H4ClIN2S/c9-6-3-1-2-5(7(6)10)8-12-11-4-13-8/h1-4H. The van der Waals surface area contributed by atoms with E-state index in [0.717, 1.165) is 19.2 Å². The van der Waals surface area contributed by atoms with Crippen LogP contribution in [0.15, 0.2) is 23.7 Å². The summed E-state index contributed by atoms with van der Waals surface area (Å²) in [5.74, 6) is 0. The van der Waals surface area contributed by atoms with Crippen molar-refractivity contribution >= 4 is 45.5 Å². The van der Waals surface area contributed by atoms with E-state index >= 15 is 0 Å². The van der Waals surface area contributed by atoms with E-state index in [2.05, 4.69) is 32.8 Å². The van der Waals surface area contributed by atoms with Gasteiger partial charge < -0.3 is 0 Å². The first-order chi connectivity index (χ1) is 6.29. The molecular formula is C8H4ClIN2S.